The number of halogens is 2. The molecule has 2 aromatic carbocycles. The summed E-state index contributed by atoms with van der Waals surface area (Å²) < 4.78 is 27.5. The summed E-state index contributed by atoms with van der Waals surface area (Å²) in [4.78, 5) is 8.43. The van der Waals surface area contributed by atoms with E-state index < -0.39 is 10.0 Å². The standard InChI is InChI=1S/C20H16Cl2N4O2S/c1-13-10-17-18(23-16-9-5-8-15(21)11-16)24-20(22)25-19(17)26(13)29(27,28)12-14-6-3-2-4-7-14/h2-11H,12H2,1H3,(H,23,24,25). The molecule has 0 aliphatic heterocycles. The first-order valence-corrected chi connectivity index (χ1v) is 11.1. The van der Waals surface area contributed by atoms with Gasteiger partial charge in [-0.1, -0.05) is 48.0 Å². The third-order valence-corrected chi connectivity index (χ3v) is 6.44. The van der Waals surface area contributed by atoms with E-state index in [9.17, 15) is 8.42 Å². The van der Waals surface area contributed by atoms with E-state index in [-0.39, 0.29) is 16.7 Å². The maximum absolute atomic E-state index is 13.1. The minimum absolute atomic E-state index is 0.0590. The van der Waals surface area contributed by atoms with Crippen molar-refractivity contribution in [1.82, 2.24) is 13.9 Å². The lowest BCUT2D eigenvalue weighted by atomic mass is 10.2. The topological polar surface area (TPSA) is 76.9 Å². The van der Waals surface area contributed by atoms with E-state index in [1.807, 2.05) is 12.1 Å². The van der Waals surface area contributed by atoms with Crippen molar-refractivity contribution in [3.8, 4) is 0 Å². The molecule has 148 valence electrons. The van der Waals surface area contributed by atoms with Gasteiger partial charge in [0.25, 0.3) is 0 Å². The molecule has 0 atom stereocenters. The van der Waals surface area contributed by atoms with E-state index in [1.54, 1.807) is 55.5 Å². The third kappa shape index (κ3) is 4.07. The van der Waals surface area contributed by atoms with Crippen LogP contribution in [0.3, 0.4) is 0 Å². The number of aryl methyl sites for hydroxylation is 1. The molecular weight excluding hydrogens is 431 g/mol. The predicted molar refractivity (Wildman–Crippen MR) is 116 cm³/mol. The van der Waals surface area contributed by atoms with Crippen LogP contribution < -0.4 is 5.32 Å². The van der Waals surface area contributed by atoms with Crippen molar-refractivity contribution < 1.29 is 8.42 Å². The van der Waals surface area contributed by atoms with Gasteiger partial charge in [-0.2, -0.15) is 9.97 Å². The number of anilines is 2. The summed E-state index contributed by atoms with van der Waals surface area (Å²) in [5.74, 6) is 0.246. The Kier molecular flexibility index (Phi) is 5.21. The van der Waals surface area contributed by atoms with Crippen LogP contribution >= 0.6 is 23.2 Å². The summed E-state index contributed by atoms with van der Waals surface area (Å²) >= 11 is 12.2. The van der Waals surface area contributed by atoms with Gasteiger partial charge in [0.15, 0.2) is 5.65 Å². The summed E-state index contributed by atoms with van der Waals surface area (Å²) in [6.45, 7) is 1.71. The second-order valence-corrected chi connectivity index (χ2v) is 9.10. The number of hydrogen-bond acceptors (Lipinski definition) is 5. The van der Waals surface area contributed by atoms with Gasteiger partial charge in [-0.3, -0.25) is 0 Å². The Morgan fingerprint density at radius 1 is 1.00 bits per heavy atom. The minimum atomic E-state index is -3.72. The summed E-state index contributed by atoms with van der Waals surface area (Å²) in [6.07, 6.45) is 0. The molecule has 29 heavy (non-hydrogen) atoms. The Hall–Kier alpha value is -2.61. The Morgan fingerprint density at radius 2 is 1.76 bits per heavy atom. The molecule has 0 saturated carbocycles. The van der Waals surface area contributed by atoms with Crippen LogP contribution in [-0.4, -0.2) is 22.4 Å². The van der Waals surface area contributed by atoms with E-state index in [4.69, 9.17) is 23.2 Å². The van der Waals surface area contributed by atoms with Crippen molar-refractivity contribution in [3.05, 3.63) is 82.2 Å². The number of nitrogens with zero attached hydrogens (tertiary/aromatic N) is 3. The highest BCUT2D eigenvalue weighted by Crippen LogP contribution is 2.30. The van der Waals surface area contributed by atoms with Gasteiger partial charge in [0.2, 0.25) is 15.3 Å². The normalized spacial score (nSPS) is 11.7. The maximum Gasteiger partial charge on any atom is 0.244 e. The largest absolute Gasteiger partial charge is 0.339 e. The van der Waals surface area contributed by atoms with Crippen LogP contribution in [0.5, 0.6) is 0 Å². The molecule has 0 amide bonds. The molecule has 1 N–H and O–H groups in total. The molecule has 0 unspecified atom stereocenters. The predicted octanol–water partition coefficient (Wildman–Crippen LogP) is 5.17. The van der Waals surface area contributed by atoms with Crippen molar-refractivity contribution in [2.75, 3.05) is 5.32 Å². The number of benzene rings is 2. The molecule has 2 aromatic heterocycles. The van der Waals surface area contributed by atoms with Crippen molar-refractivity contribution in [3.63, 3.8) is 0 Å². The zero-order chi connectivity index (χ0) is 20.6. The Labute approximate surface area is 178 Å². The Balaban J connectivity index is 1.82. The van der Waals surface area contributed by atoms with Gasteiger partial charge in [0.1, 0.15) is 5.82 Å². The van der Waals surface area contributed by atoms with Crippen molar-refractivity contribution in [2.45, 2.75) is 12.7 Å². The Morgan fingerprint density at radius 3 is 2.48 bits per heavy atom. The summed E-state index contributed by atoms with van der Waals surface area (Å²) in [6, 6.07) is 17.8. The maximum atomic E-state index is 13.1. The van der Waals surface area contributed by atoms with Gasteiger partial charge in [0.05, 0.1) is 11.1 Å². The molecule has 4 rings (SSSR count). The van der Waals surface area contributed by atoms with Gasteiger partial charge in [-0.25, -0.2) is 12.4 Å². The first-order chi connectivity index (χ1) is 13.8. The molecule has 6 nitrogen and oxygen atoms in total. The fourth-order valence-corrected chi connectivity index (χ4v) is 5.14. The molecule has 0 radical (unpaired) electrons. The number of aromatic nitrogens is 3. The number of fused-ring (bicyclic) bond motifs is 1. The zero-order valence-electron chi connectivity index (χ0n) is 15.3. The highest BCUT2D eigenvalue weighted by molar-refractivity contribution is 7.89. The van der Waals surface area contributed by atoms with E-state index in [2.05, 4.69) is 15.3 Å². The first-order valence-electron chi connectivity index (χ1n) is 8.69. The van der Waals surface area contributed by atoms with Gasteiger partial charge >= 0.3 is 0 Å². The molecule has 0 fully saturated rings. The SMILES string of the molecule is Cc1cc2c(Nc3cccc(Cl)c3)nc(Cl)nc2n1S(=O)(=O)Cc1ccccc1. The van der Waals surface area contributed by atoms with E-state index in [0.717, 1.165) is 0 Å². The second kappa shape index (κ2) is 7.67. The summed E-state index contributed by atoms with van der Waals surface area (Å²) in [5, 5.41) is 4.19. The highest BCUT2D eigenvalue weighted by Gasteiger charge is 2.23. The average molecular weight is 447 g/mol. The lowest BCUT2D eigenvalue weighted by Crippen LogP contribution is -2.17. The third-order valence-electron chi connectivity index (χ3n) is 4.32. The lowest BCUT2D eigenvalue weighted by Gasteiger charge is -2.11. The monoisotopic (exact) mass is 446 g/mol. The van der Waals surface area contributed by atoms with E-state index in [0.29, 0.717) is 33.2 Å². The highest BCUT2D eigenvalue weighted by atomic mass is 35.5. The van der Waals surface area contributed by atoms with Crippen LogP contribution in [0, 0.1) is 6.92 Å². The van der Waals surface area contributed by atoms with Gasteiger partial charge < -0.3 is 5.32 Å². The van der Waals surface area contributed by atoms with Crippen LogP contribution in [-0.2, 0) is 15.8 Å². The molecule has 0 aliphatic carbocycles. The molecule has 2 heterocycles. The molecule has 0 aliphatic rings. The smallest absolute Gasteiger partial charge is 0.244 e. The molecular formula is C20H16Cl2N4O2S. The zero-order valence-corrected chi connectivity index (χ0v) is 17.6. The van der Waals surface area contributed by atoms with Crippen LogP contribution in [0.15, 0.2) is 60.7 Å². The molecule has 9 heteroatoms. The average Bonchev–Trinajstić information content (AvgIpc) is 2.99. The van der Waals surface area contributed by atoms with Crippen LogP contribution in [0.2, 0.25) is 10.3 Å². The first kappa shape index (κ1) is 19.7. The number of nitrogens with one attached hydrogen (secondary N) is 1. The lowest BCUT2D eigenvalue weighted by molar-refractivity contribution is 0.587. The number of rotatable bonds is 5. The molecule has 4 aromatic rings. The van der Waals surface area contributed by atoms with Crippen molar-refractivity contribution >= 4 is 55.8 Å². The van der Waals surface area contributed by atoms with Crippen LogP contribution in [0.25, 0.3) is 11.0 Å². The van der Waals surface area contributed by atoms with Crippen LogP contribution in [0.4, 0.5) is 11.5 Å². The fraction of sp³-hybridized carbons (Fsp3) is 0.100. The van der Waals surface area contributed by atoms with E-state index in [1.165, 1.54) is 3.97 Å². The Bertz CT molecular complexity index is 1310. The molecule has 0 spiro atoms. The number of hydrogen-bond donors (Lipinski definition) is 1. The summed E-state index contributed by atoms with van der Waals surface area (Å²) in [5.41, 5.74) is 2.13. The van der Waals surface area contributed by atoms with Crippen molar-refractivity contribution in [1.29, 1.82) is 0 Å². The second-order valence-electron chi connectivity index (χ2n) is 6.51. The molecule has 0 saturated heterocycles. The van der Waals surface area contributed by atoms with Gasteiger partial charge in [-0.05, 0) is 48.4 Å². The van der Waals surface area contributed by atoms with Crippen molar-refractivity contribution in [2.24, 2.45) is 0 Å². The minimum Gasteiger partial charge on any atom is -0.339 e. The quantitative estimate of drug-likeness (QED) is 0.428. The fourth-order valence-electron chi connectivity index (χ4n) is 3.15. The van der Waals surface area contributed by atoms with Gasteiger partial charge in [-0.15, -0.1) is 0 Å². The van der Waals surface area contributed by atoms with Crippen LogP contribution in [0.1, 0.15) is 11.3 Å². The molecule has 0 bridgehead atoms. The van der Waals surface area contributed by atoms with Gasteiger partial charge in [0, 0.05) is 16.4 Å². The summed E-state index contributed by atoms with van der Waals surface area (Å²) in [7, 11) is -3.72. The van der Waals surface area contributed by atoms with E-state index >= 15 is 0 Å².